The second-order valence-corrected chi connectivity index (χ2v) is 5.65. The van der Waals surface area contributed by atoms with Gasteiger partial charge in [-0.15, -0.1) is 0 Å². The number of rotatable bonds is 7. The van der Waals surface area contributed by atoms with Gasteiger partial charge in [0.1, 0.15) is 12.4 Å². The monoisotopic (exact) mass is 262 g/mol. The van der Waals surface area contributed by atoms with E-state index in [9.17, 15) is 4.79 Å². The Labute approximate surface area is 117 Å². The Morgan fingerprint density at radius 3 is 2.05 bits per heavy atom. The van der Waals surface area contributed by atoms with E-state index < -0.39 is 0 Å². The first-order valence-electron chi connectivity index (χ1n) is 7.24. The molecule has 1 rings (SSSR count). The maximum absolute atomic E-state index is 11.7. The van der Waals surface area contributed by atoms with E-state index in [-0.39, 0.29) is 12.4 Å². The molecule has 0 aliphatic carbocycles. The van der Waals surface area contributed by atoms with Gasteiger partial charge in [0.05, 0.1) is 0 Å². The van der Waals surface area contributed by atoms with Crippen molar-refractivity contribution >= 4 is 5.78 Å². The molecule has 0 fully saturated rings. The topological polar surface area (TPSA) is 26.3 Å². The predicted molar refractivity (Wildman–Crippen MR) is 80.0 cm³/mol. The fourth-order valence-corrected chi connectivity index (χ4v) is 2.15. The Bertz CT molecular complexity index is 393. The van der Waals surface area contributed by atoms with E-state index in [1.54, 1.807) is 0 Å². The summed E-state index contributed by atoms with van der Waals surface area (Å²) in [6, 6.07) is 6.26. The molecule has 2 heteroatoms. The molecule has 106 valence electrons. The third kappa shape index (κ3) is 4.38. The fourth-order valence-electron chi connectivity index (χ4n) is 2.15. The van der Waals surface area contributed by atoms with Crippen molar-refractivity contribution in [3.05, 3.63) is 29.3 Å². The predicted octanol–water partition coefficient (Wildman–Crippen LogP) is 4.68. The summed E-state index contributed by atoms with van der Waals surface area (Å²) < 4.78 is 5.86. The van der Waals surface area contributed by atoms with Crippen molar-refractivity contribution in [3.63, 3.8) is 0 Å². The summed E-state index contributed by atoms with van der Waals surface area (Å²) in [5.41, 5.74) is 2.38. The average molecular weight is 262 g/mol. The molecule has 0 aliphatic rings. The zero-order valence-corrected chi connectivity index (χ0v) is 12.8. The summed E-state index contributed by atoms with van der Waals surface area (Å²) in [5, 5.41) is 0. The van der Waals surface area contributed by atoms with Gasteiger partial charge in [0.2, 0.25) is 0 Å². The van der Waals surface area contributed by atoms with Crippen LogP contribution < -0.4 is 4.74 Å². The molecule has 0 spiro atoms. The van der Waals surface area contributed by atoms with E-state index in [1.807, 2.05) is 6.92 Å². The molecule has 1 aromatic carbocycles. The third-order valence-electron chi connectivity index (χ3n) is 3.23. The number of hydrogen-bond donors (Lipinski definition) is 0. The molecule has 0 aliphatic heterocycles. The van der Waals surface area contributed by atoms with Crippen LogP contribution in [0.5, 0.6) is 5.75 Å². The van der Waals surface area contributed by atoms with Crippen LogP contribution in [0, 0.1) is 0 Å². The minimum atomic E-state index is 0.177. The molecular formula is C17H26O2. The number of ketones is 1. The van der Waals surface area contributed by atoms with Crippen LogP contribution in [-0.4, -0.2) is 12.4 Å². The van der Waals surface area contributed by atoms with Crippen LogP contribution >= 0.6 is 0 Å². The highest BCUT2D eigenvalue weighted by atomic mass is 16.5. The van der Waals surface area contributed by atoms with Crippen LogP contribution in [0.2, 0.25) is 0 Å². The minimum absolute atomic E-state index is 0.177. The molecule has 2 nitrogen and oxygen atoms in total. The van der Waals surface area contributed by atoms with Gasteiger partial charge in [-0.05, 0) is 29.4 Å². The molecule has 0 atom stereocenters. The molecule has 0 amide bonds. The van der Waals surface area contributed by atoms with E-state index in [0.29, 0.717) is 18.3 Å². The molecule has 19 heavy (non-hydrogen) atoms. The number of ether oxygens (including phenoxy) is 1. The highest BCUT2D eigenvalue weighted by molar-refractivity contribution is 5.79. The maximum Gasteiger partial charge on any atom is 0.170 e. The molecular weight excluding hydrogens is 236 g/mol. The third-order valence-corrected chi connectivity index (χ3v) is 3.23. The summed E-state index contributed by atoms with van der Waals surface area (Å²) in [4.78, 5) is 11.7. The average Bonchev–Trinajstić information content (AvgIpc) is 2.35. The second-order valence-electron chi connectivity index (χ2n) is 5.65. The highest BCUT2D eigenvalue weighted by Crippen LogP contribution is 2.34. The molecule has 0 saturated carbocycles. The van der Waals surface area contributed by atoms with Gasteiger partial charge in [-0.25, -0.2) is 0 Å². The van der Waals surface area contributed by atoms with E-state index in [4.69, 9.17) is 4.74 Å². The molecule has 1 aromatic rings. The first-order chi connectivity index (χ1) is 8.97. The smallest absolute Gasteiger partial charge is 0.170 e. The van der Waals surface area contributed by atoms with Crippen LogP contribution in [-0.2, 0) is 4.79 Å². The Morgan fingerprint density at radius 2 is 1.63 bits per heavy atom. The lowest BCUT2D eigenvalue weighted by Crippen LogP contribution is -2.13. The van der Waals surface area contributed by atoms with Crippen molar-refractivity contribution < 1.29 is 9.53 Å². The van der Waals surface area contributed by atoms with Gasteiger partial charge in [-0.1, -0.05) is 52.8 Å². The summed E-state index contributed by atoms with van der Waals surface area (Å²) >= 11 is 0. The lowest BCUT2D eigenvalue weighted by Gasteiger charge is -2.19. The van der Waals surface area contributed by atoms with Crippen LogP contribution in [0.3, 0.4) is 0 Å². The fraction of sp³-hybridized carbons (Fsp3) is 0.588. The standard InChI is InChI=1S/C17H26O2/c1-6-8-14(18)11-19-17-15(12(2)3)9-7-10-16(17)13(4)5/h7,9-10,12-13H,6,8,11H2,1-5H3. The SMILES string of the molecule is CCCC(=O)COc1c(C(C)C)cccc1C(C)C. The lowest BCUT2D eigenvalue weighted by atomic mass is 9.94. The summed E-state index contributed by atoms with van der Waals surface area (Å²) in [6.07, 6.45) is 1.48. The van der Waals surface area contributed by atoms with E-state index in [2.05, 4.69) is 45.9 Å². The van der Waals surface area contributed by atoms with Crippen molar-refractivity contribution in [1.82, 2.24) is 0 Å². The van der Waals surface area contributed by atoms with Gasteiger partial charge in [0.15, 0.2) is 5.78 Å². The maximum atomic E-state index is 11.7. The Balaban J connectivity index is 2.98. The molecule has 0 radical (unpaired) electrons. The zero-order valence-electron chi connectivity index (χ0n) is 12.8. The van der Waals surface area contributed by atoms with Gasteiger partial charge >= 0.3 is 0 Å². The van der Waals surface area contributed by atoms with Gasteiger partial charge in [-0.3, -0.25) is 4.79 Å². The largest absolute Gasteiger partial charge is 0.485 e. The van der Waals surface area contributed by atoms with Crippen LogP contribution in [0.15, 0.2) is 18.2 Å². The van der Waals surface area contributed by atoms with Crippen LogP contribution in [0.4, 0.5) is 0 Å². The van der Waals surface area contributed by atoms with Crippen molar-refractivity contribution in [3.8, 4) is 5.75 Å². The number of benzene rings is 1. The van der Waals surface area contributed by atoms with Crippen molar-refractivity contribution in [1.29, 1.82) is 0 Å². The molecule has 0 saturated heterocycles. The molecule has 0 heterocycles. The number of hydrogen-bond acceptors (Lipinski definition) is 2. The van der Waals surface area contributed by atoms with E-state index in [1.165, 1.54) is 11.1 Å². The highest BCUT2D eigenvalue weighted by Gasteiger charge is 2.15. The first kappa shape index (κ1) is 15.7. The Kier molecular flexibility index (Phi) is 6.07. The van der Waals surface area contributed by atoms with Gasteiger partial charge < -0.3 is 4.74 Å². The number of Topliss-reactive ketones (excluding diaryl/α,β-unsaturated/α-hetero) is 1. The molecule has 0 bridgehead atoms. The summed E-state index contributed by atoms with van der Waals surface area (Å²) in [7, 11) is 0. The molecule has 0 unspecified atom stereocenters. The van der Waals surface area contributed by atoms with Crippen LogP contribution in [0.1, 0.15) is 70.4 Å². The summed E-state index contributed by atoms with van der Waals surface area (Å²) in [5.74, 6) is 1.89. The number of carbonyl (C=O) groups excluding carboxylic acids is 1. The van der Waals surface area contributed by atoms with E-state index >= 15 is 0 Å². The number of para-hydroxylation sites is 1. The normalized spacial score (nSPS) is 11.1. The van der Waals surface area contributed by atoms with Crippen molar-refractivity contribution in [2.75, 3.05) is 6.61 Å². The quantitative estimate of drug-likeness (QED) is 0.713. The van der Waals surface area contributed by atoms with Crippen molar-refractivity contribution in [2.45, 2.75) is 59.3 Å². The van der Waals surface area contributed by atoms with Gasteiger partial charge in [0, 0.05) is 6.42 Å². The zero-order chi connectivity index (χ0) is 14.4. The van der Waals surface area contributed by atoms with E-state index in [0.717, 1.165) is 12.2 Å². The van der Waals surface area contributed by atoms with Crippen molar-refractivity contribution in [2.24, 2.45) is 0 Å². The molecule has 0 aromatic heterocycles. The van der Waals surface area contributed by atoms with Gasteiger partial charge in [-0.2, -0.15) is 0 Å². The van der Waals surface area contributed by atoms with Gasteiger partial charge in [0.25, 0.3) is 0 Å². The number of carbonyl (C=O) groups is 1. The Morgan fingerprint density at radius 1 is 1.11 bits per heavy atom. The molecule has 0 N–H and O–H groups in total. The minimum Gasteiger partial charge on any atom is -0.485 e. The first-order valence-corrected chi connectivity index (χ1v) is 7.24. The lowest BCUT2D eigenvalue weighted by molar-refractivity contribution is -0.121. The Hall–Kier alpha value is -1.31. The second kappa shape index (κ2) is 7.32. The summed E-state index contributed by atoms with van der Waals surface area (Å²) in [6.45, 7) is 10.8. The van der Waals surface area contributed by atoms with Crippen LogP contribution in [0.25, 0.3) is 0 Å².